The summed E-state index contributed by atoms with van der Waals surface area (Å²) in [6.45, 7) is 13.0. The van der Waals surface area contributed by atoms with Crippen LogP contribution in [-0.2, 0) is 9.53 Å². The lowest BCUT2D eigenvalue weighted by atomic mass is 9.97. The van der Waals surface area contributed by atoms with Crippen molar-refractivity contribution >= 4 is 12.1 Å². The van der Waals surface area contributed by atoms with Crippen LogP contribution < -0.4 is 10.1 Å². The standard InChI is InChI=1S/C19H29NO4/c1-8-15(24-17(22)20-19(5,6)7)13-9-11-14(12-10-13)23-16(21)18(2,3)4/h9-12,15H,8H2,1-7H3,(H,20,22). The fraction of sp³-hybridized carbons (Fsp3) is 0.579. The van der Waals surface area contributed by atoms with Crippen molar-refractivity contribution in [3.8, 4) is 5.75 Å². The average molecular weight is 335 g/mol. The van der Waals surface area contributed by atoms with E-state index < -0.39 is 11.5 Å². The van der Waals surface area contributed by atoms with Gasteiger partial charge in [0.1, 0.15) is 11.9 Å². The molecule has 5 heteroatoms. The smallest absolute Gasteiger partial charge is 0.408 e. The quantitative estimate of drug-likeness (QED) is 0.644. The fourth-order valence-electron chi connectivity index (χ4n) is 1.86. The number of amides is 1. The van der Waals surface area contributed by atoms with E-state index in [1.54, 1.807) is 32.9 Å². The largest absolute Gasteiger partial charge is 0.441 e. The van der Waals surface area contributed by atoms with Crippen molar-refractivity contribution in [2.45, 2.75) is 66.5 Å². The second-order valence-electron chi connectivity index (χ2n) is 7.89. The van der Waals surface area contributed by atoms with Crippen molar-refractivity contribution in [2.24, 2.45) is 5.41 Å². The van der Waals surface area contributed by atoms with Crippen LogP contribution in [0, 0.1) is 5.41 Å². The van der Waals surface area contributed by atoms with Crippen LogP contribution >= 0.6 is 0 Å². The van der Waals surface area contributed by atoms with Gasteiger partial charge >= 0.3 is 12.1 Å². The van der Waals surface area contributed by atoms with Gasteiger partial charge in [-0.25, -0.2) is 4.79 Å². The molecule has 1 unspecified atom stereocenters. The maximum atomic E-state index is 11.9. The highest BCUT2D eigenvalue weighted by Crippen LogP contribution is 2.25. The molecule has 1 atom stereocenters. The lowest BCUT2D eigenvalue weighted by Crippen LogP contribution is -2.41. The molecule has 0 spiro atoms. The van der Waals surface area contributed by atoms with Crippen molar-refractivity contribution in [3.05, 3.63) is 29.8 Å². The first kappa shape index (κ1) is 20.0. The van der Waals surface area contributed by atoms with Crippen LogP contribution in [0.25, 0.3) is 0 Å². The first-order chi connectivity index (χ1) is 10.9. The normalized spacial score (nSPS) is 13.1. The van der Waals surface area contributed by atoms with Gasteiger partial charge in [-0.1, -0.05) is 19.1 Å². The molecule has 24 heavy (non-hydrogen) atoms. The average Bonchev–Trinajstić information content (AvgIpc) is 2.42. The Balaban J connectivity index is 2.75. The molecule has 0 aromatic heterocycles. The van der Waals surface area contributed by atoms with Crippen LogP contribution in [0.5, 0.6) is 5.75 Å². The molecule has 0 aliphatic rings. The van der Waals surface area contributed by atoms with Gasteiger partial charge in [-0.15, -0.1) is 0 Å². The predicted molar refractivity (Wildman–Crippen MR) is 93.9 cm³/mol. The monoisotopic (exact) mass is 335 g/mol. The third kappa shape index (κ3) is 6.60. The van der Waals surface area contributed by atoms with Crippen molar-refractivity contribution in [1.29, 1.82) is 0 Å². The number of carbonyl (C=O) groups is 2. The Bertz CT molecular complexity index is 565. The van der Waals surface area contributed by atoms with Crippen LogP contribution in [0.4, 0.5) is 4.79 Å². The first-order valence-corrected chi connectivity index (χ1v) is 8.23. The van der Waals surface area contributed by atoms with Crippen molar-refractivity contribution in [3.63, 3.8) is 0 Å². The number of rotatable bonds is 4. The molecule has 0 aliphatic heterocycles. The molecular weight excluding hydrogens is 306 g/mol. The molecule has 1 rings (SSSR count). The fourth-order valence-corrected chi connectivity index (χ4v) is 1.86. The Labute approximate surface area is 144 Å². The van der Waals surface area contributed by atoms with Gasteiger partial charge in [0.2, 0.25) is 0 Å². The van der Waals surface area contributed by atoms with Gasteiger partial charge < -0.3 is 14.8 Å². The highest BCUT2D eigenvalue weighted by atomic mass is 16.6. The molecule has 0 bridgehead atoms. The lowest BCUT2D eigenvalue weighted by molar-refractivity contribution is -0.143. The van der Waals surface area contributed by atoms with Crippen molar-refractivity contribution < 1.29 is 19.1 Å². The highest BCUT2D eigenvalue weighted by molar-refractivity contribution is 5.77. The van der Waals surface area contributed by atoms with E-state index in [0.29, 0.717) is 12.2 Å². The zero-order chi connectivity index (χ0) is 18.5. The third-order valence-electron chi connectivity index (χ3n) is 3.17. The van der Waals surface area contributed by atoms with Crippen LogP contribution in [-0.4, -0.2) is 17.6 Å². The maximum Gasteiger partial charge on any atom is 0.408 e. The minimum atomic E-state index is -0.557. The van der Waals surface area contributed by atoms with Crippen LogP contribution in [0.2, 0.25) is 0 Å². The SMILES string of the molecule is CCC(OC(=O)NC(C)(C)C)c1ccc(OC(=O)C(C)(C)C)cc1. The van der Waals surface area contributed by atoms with E-state index >= 15 is 0 Å². The summed E-state index contributed by atoms with van der Waals surface area (Å²) in [5.41, 5.74) is -0.0452. The second kappa shape index (κ2) is 7.69. The summed E-state index contributed by atoms with van der Waals surface area (Å²) in [6.07, 6.45) is -0.143. The van der Waals surface area contributed by atoms with Crippen LogP contribution in [0.3, 0.4) is 0 Å². The van der Waals surface area contributed by atoms with Gasteiger partial charge in [0.05, 0.1) is 5.41 Å². The molecular formula is C19H29NO4. The minimum absolute atomic E-state index is 0.289. The topological polar surface area (TPSA) is 64.6 Å². The molecule has 0 aliphatic carbocycles. The first-order valence-electron chi connectivity index (χ1n) is 8.23. The van der Waals surface area contributed by atoms with E-state index in [4.69, 9.17) is 9.47 Å². The van der Waals surface area contributed by atoms with Gasteiger partial charge in [0, 0.05) is 5.54 Å². The molecule has 0 saturated carbocycles. The lowest BCUT2D eigenvalue weighted by Gasteiger charge is -2.23. The predicted octanol–water partition coefficient (Wildman–Crippen LogP) is 4.61. The molecule has 0 saturated heterocycles. The highest BCUT2D eigenvalue weighted by Gasteiger charge is 2.24. The van der Waals surface area contributed by atoms with E-state index in [2.05, 4.69) is 5.32 Å². The number of nitrogens with one attached hydrogen (secondary N) is 1. The van der Waals surface area contributed by atoms with E-state index in [1.807, 2.05) is 39.8 Å². The number of ether oxygens (including phenoxy) is 2. The molecule has 1 aromatic carbocycles. The zero-order valence-corrected chi connectivity index (χ0v) is 15.7. The van der Waals surface area contributed by atoms with Crippen LogP contribution in [0.15, 0.2) is 24.3 Å². The number of carbonyl (C=O) groups excluding carboxylic acids is 2. The Morgan fingerprint density at radius 2 is 1.58 bits per heavy atom. The summed E-state index contributed by atoms with van der Waals surface area (Å²) >= 11 is 0. The maximum absolute atomic E-state index is 11.9. The van der Waals surface area contributed by atoms with E-state index in [1.165, 1.54) is 0 Å². The van der Waals surface area contributed by atoms with Gasteiger partial charge in [-0.3, -0.25) is 4.79 Å². The molecule has 1 N–H and O–H groups in total. The summed E-state index contributed by atoms with van der Waals surface area (Å²) in [7, 11) is 0. The summed E-state index contributed by atoms with van der Waals surface area (Å²) in [6, 6.07) is 7.05. The van der Waals surface area contributed by atoms with E-state index in [9.17, 15) is 9.59 Å². The Morgan fingerprint density at radius 1 is 1.04 bits per heavy atom. The molecule has 0 fully saturated rings. The van der Waals surface area contributed by atoms with Gasteiger partial charge in [0.25, 0.3) is 0 Å². The summed E-state index contributed by atoms with van der Waals surface area (Å²) in [5, 5.41) is 2.78. The summed E-state index contributed by atoms with van der Waals surface area (Å²) in [5.74, 6) is 0.191. The molecule has 1 amide bonds. The van der Waals surface area contributed by atoms with E-state index in [-0.39, 0.29) is 17.6 Å². The summed E-state index contributed by atoms with van der Waals surface area (Å²) < 4.78 is 10.8. The number of alkyl carbamates (subject to hydrolysis) is 1. The van der Waals surface area contributed by atoms with Crippen molar-refractivity contribution in [2.75, 3.05) is 0 Å². The Morgan fingerprint density at radius 3 is 2.00 bits per heavy atom. The number of esters is 1. The summed E-state index contributed by atoms with van der Waals surface area (Å²) in [4.78, 5) is 23.8. The van der Waals surface area contributed by atoms with Gasteiger partial charge in [-0.2, -0.15) is 0 Å². The number of hydrogen-bond acceptors (Lipinski definition) is 4. The van der Waals surface area contributed by atoms with Gasteiger partial charge in [-0.05, 0) is 65.7 Å². The van der Waals surface area contributed by atoms with Gasteiger partial charge in [0.15, 0.2) is 0 Å². The molecule has 1 aromatic rings. The number of benzene rings is 1. The molecule has 5 nitrogen and oxygen atoms in total. The third-order valence-corrected chi connectivity index (χ3v) is 3.17. The van der Waals surface area contributed by atoms with E-state index in [0.717, 1.165) is 5.56 Å². The molecule has 0 radical (unpaired) electrons. The van der Waals surface area contributed by atoms with Crippen molar-refractivity contribution in [1.82, 2.24) is 5.32 Å². The molecule has 0 heterocycles. The number of hydrogen-bond donors (Lipinski definition) is 1. The minimum Gasteiger partial charge on any atom is -0.441 e. The second-order valence-corrected chi connectivity index (χ2v) is 7.89. The Hall–Kier alpha value is -2.04. The van der Waals surface area contributed by atoms with Crippen LogP contribution in [0.1, 0.15) is 66.6 Å². The zero-order valence-electron chi connectivity index (χ0n) is 15.7. The Kier molecular flexibility index (Phi) is 6.41. The molecule has 134 valence electrons.